The Bertz CT molecular complexity index is 1120. The molecule has 7 heteroatoms. The van der Waals surface area contributed by atoms with Gasteiger partial charge in [-0.3, -0.25) is 4.99 Å². The van der Waals surface area contributed by atoms with Crippen LogP contribution in [0.3, 0.4) is 0 Å². The molecule has 1 heterocycles. The highest BCUT2D eigenvalue weighted by atomic mass is 32.1. The first-order valence-corrected chi connectivity index (χ1v) is 10.1. The monoisotopic (exact) mass is 417 g/mol. The van der Waals surface area contributed by atoms with E-state index < -0.39 is 11.7 Å². The lowest BCUT2D eigenvalue weighted by molar-refractivity contribution is -0.137. The average Bonchev–Trinajstić information content (AvgIpc) is 3.05. The van der Waals surface area contributed by atoms with Gasteiger partial charge in [-0.25, -0.2) is 4.68 Å². The summed E-state index contributed by atoms with van der Waals surface area (Å²) in [5, 5.41) is 6.35. The third-order valence-electron chi connectivity index (χ3n) is 4.67. The van der Waals surface area contributed by atoms with Crippen LogP contribution in [0.2, 0.25) is 0 Å². The number of rotatable bonds is 4. The van der Waals surface area contributed by atoms with Crippen molar-refractivity contribution < 1.29 is 13.2 Å². The van der Waals surface area contributed by atoms with E-state index in [9.17, 15) is 13.2 Å². The lowest BCUT2D eigenvalue weighted by Gasteiger charge is -2.11. The molecule has 0 N–H and O–H groups in total. The molecule has 2 aromatic carbocycles. The van der Waals surface area contributed by atoms with Gasteiger partial charge in [-0.15, -0.1) is 11.3 Å². The Morgan fingerprint density at radius 2 is 1.72 bits per heavy atom. The van der Waals surface area contributed by atoms with Crippen molar-refractivity contribution in [1.29, 1.82) is 0 Å². The fourth-order valence-electron chi connectivity index (χ4n) is 3.06. The fourth-order valence-corrected chi connectivity index (χ4v) is 3.96. The molecule has 0 aliphatic rings. The Hall–Kier alpha value is -2.67. The van der Waals surface area contributed by atoms with Crippen LogP contribution in [0.4, 0.5) is 13.2 Å². The van der Waals surface area contributed by atoms with E-state index in [1.807, 2.05) is 26.2 Å². The Morgan fingerprint density at radius 3 is 2.41 bits per heavy atom. The Kier molecular flexibility index (Phi) is 6.07. The maximum atomic E-state index is 13.3. The standard InChI is InChI=1S/C22H22F3N3S/c1-5-26-21-28(27-12-17-8-6-7-9-19(17)22(23,24)25)20(13-29-21)18-11-15(3)14(2)10-16(18)4/h6-13H,5H2,1-4H3. The Morgan fingerprint density at radius 1 is 1.03 bits per heavy atom. The van der Waals surface area contributed by atoms with E-state index in [2.05, 4.69) is 29.2 Å². The van der Waals surface area contributed by atoms with E-state index >= 15 is 0 Å². The smallest absolute Gasteiger partial charge is 0.258 e. The van der Waals surface area contributed by atoms with Crippen molar-refractivity contribution in [2.24, 2.45) is 10.1 Å². The van der Waals surface area contributed by atoms with Crippen LogP contribution in [0.25, 0.3) is 11.3 Å². The Labute approximate surface area is 171 Å². The van der Waals surface area contributed by atoms with E-state index in [0.717, 1.165) is 28.5 Å². The molecule has 3 rings (SSSR count). The van der Waals surface area contributed by atoms with Gasteiger partial charge in [0.1, 0.15) is 0 Å². The number of benzene rings is 2. The van der Waals surface area contributed by atoms with Gasteiger partial charge in [0.05, 0.1) is 17.5 Å². The fraction of sp³-hybridized carbons (Fsp3) is 0.273. The van der Waals surface area contributed by atoms with Crippen molar-refractivity contribution in [2.45, 2.75) is 33.9 Å². The summed E-state index contributed by atoms with van der Waals surface area (Å²) in [6, 6.07) is 9.60. The molecule has 29 heavy (non-hydrogen) atoms. The lowest BCUT2D eigenvalue weighted by atomic mass is 9.99. The third-order valence-corrected chi connectivity index (χ3v) is 5.53. The molecule has 0 saturated carbocycles. The van der Waals surface area contributed by atoms with Crippen LogP contribution in [0.1, 0.15) is 34.7 Å². The molecule has 0 amide bonds. The highest BCUT2D eigenvalue weighted by molar-refractivity contribution is 7.07. The van der Waals surface area contributed by atoms with Crippen molar-refractivity contribution in [3.05, 3.63) is 74.4 Å². The minimum atomic E-state index is -4.44. The quantitative estimate of drug-likeness (QED) is 0.469. The molecule has 3 aromatic rings. The van der Waals surface area contributed by atoms with Gasteiger partial charge in [-0.05, 0) is 56.5 Å². The van der Waals surface area contributed by atoms with Crippen molar-refractivity contribution in [3.63, 3.8) is 0 Å². The lowest BCUT2D eigenvalue weighted by Crippen LogP contribution is -2.14. The topological polar surface area (TPSA) is 29.6 Å². The summed E-state index contributed by atoms with van der Waals surface area (Å²) in [5.74, 6) is 0. The van der Waals surface area contributed by atoms with Gasteiger partial charge >= 0.3 is 6.18 Å². The first-order chi connectivity index (χ1) is 13.7. The number of aromatic nitrogens is 1. The van der Waals surface area contributed by atoms with Crippen LogP contribution < -0.4 is 4.80 Å². The van der Waals surface area contributed by atoms with Crippen LogP contribution in [0.5, 0.6) is 0 Å². The molecule has 0 saturated heterocycles. The minimum absolute atomic E-state index is 0.0175. The van der Waals surface area contributed by atoms with Crippen molar-refractivity contribution >= 4 is 17.6 Å². The van der Waals surface area contributed by atoms with E-state index in [1.54, 1.807) is 10.7 Å². The van der Waals surface area contributed by atoms with Crippen LogP contribution in [-0.4, -0.2) is 17.4 Å². The number of hydrogen-bond acceptors (Lipinski definition) is 3. The second-order valence-electron chi connectivity index (χ2n) is 6.77. The summed E-state index contributed by atoms with van der Waals surface area (Å²) in [5.41, 5.74) is 4.51. The number of hydrogen-bond donors (Lipinski definition) is 0. The molecule has 0 atom stereocenters. The zero-order chi connectivity index (χ0) is 21.2. The molecule has 0 bridgehead atoms. The predicted octanol–water partition coefficient (Wildman–Crippen LogP) is 5.96. The predicted molar refractivity (Wildman–Crippen MR) is 112 cm³/mol. The zero-order valence-corrected chi connectivity index (χ0v) is 17.5. The molecule has 0 spiro atoms. The van der Waals surface area contributed by atoms with Gasteiger partial charge in [-0.1, -0.05) is 24.3 Å². The molecule has 0 radical (unpaired) electrons. The van der Waals surface area contributed by atoms with Gasteiger partial charge in [-0.2, -0.15) is 18.3 Å². The highest BCUT2D eigenvalue weighted by Gasteiger charge is 2.32. The average molecular weight is 418 g/mol. The zero-order valence-electron chi connectivity index (χ0n) is 16.7. The number of nitrogens with zero attached hydrogens (tertiary/aromatic N) is 3. The first kappa shape index (κ1) is 21.0. The normalized spacial score (nSPS) is 12.9. The molecule has 1 aromatic heterocycles. The van der Waals surface area contributed by atoms with Crippen LogP contribution in [0.15, 0.2) is 51.9 Å². The molecule has 152 valence electrons. The first-order valence-electron chi connectivity index (χ1n) is 9.22. The summed E-state index contributed by atoms with van der Waals surface area (Å²) < 4.78 is 41.5. The molecular formula is C22H22F3N3S. The second-order valence-corrected chi connectivity index (χ2v) is 7.61. The summed E-state index contributed by atoms with van der Waals surface area (Å²) in [4.78, 5) is 5.09. The van der Waals surface area contributed by atoms with Gasteiger partial charge in [0, 0.05) is 23.1 Å². The van der Waals surface area contributed by atoms with Gasteiger partial charge in [0.25, 0.3) is 0 Å². The van der Waals surface area contributed by atoms with Crippen molar-refractivity contribution in [3.8, 4) is 11.3 Å². The molecule has 0 fully saturated rings. The Balaban J connectivity index is 2.17. The molecule has 3 nitrogen and oxygen atoms in total. The largest absolute Gasteiger partial charge is 0.417 e. The van der Waals surface area contributed by atoms with Gasteiger partial charge < -0.3 is 0 Å². The molecular weight excluding hydrogens is 395 g/mol. The maximum Gasteiger partial charge on any atom is 0.417 e. The summed E-state index contributed by atoms with van der Waals surface area (Å²) >= 11 is 1.42. The molecule has 0 unspecified atom stereocenters. The second kappa shape index (κ2) is 8.37. The molecule has 0 aliphatic heterocycles. The number of aryl methyl sites for hydroxylation is 3. The summed E-state index contributed by atoms with van der Waals surface area (Å²) in [6.45, 7) is 8.57. The minimum Gasteiger partial charge on any atom is -0.258 e. The highest BCUT2D eigenvalue weighted by Crippen LogP contribution is 2.31. The third kappa shape index (κ3) is 4.50. The van der Waals surface area contributed by atoms with E-state index in [-0.39, 0.29) is 5.56 Å². The van der Waals surface area contributed by atoms with E-state index in [4.69, 9.17) is 0 Å². The maximum absolute atomic E-state index is 13.3. The van der Waals surface area contributed by atoms with E-state index in [0.29, 0.717) is 11.3 Å². The van der Waals surface area contributed by atoms with E-state index in [1.165, 1.54) is 35.2 Å². The summed E-state index contributed by atoms with van der Waals surface area (Å²) in [6.07, 6.45) is -3.18. The van der Waals surface area contributed by atoms with Crippen LogP contribution >= 0.6 is 11.3 Å². The number of thiazole rings is 1. The van der Waals surface area contributed by atoms with Gasteiger partial charge in [0.15, 0.2) is 0 Å². The summed E-state index contributed by atoms with van der Waals surface area (Å²) in [7, 11) is 0. The van der Waals surface area contributed by atoms with Crippen LogP contribution in [0, 0.1) is 20.8 Å². The van der Waals surface area contributed by atoms with Crippen molar-refractivity contribution in [2.75, 3.05) is 6.54 Å². The van der Waals surface area contributed by atoms with Gasteiger partial charge in [0.2, 0.25) is 4.80 Å². The number of alkyl halides is 3. The van der Waals surface area contributed by atoms with Crippen LogP contribution in [-0.2, 0) is 6.18 Å². The number of halogens is 3. The molecule has 0 aliphatic carbocycles. The SMILES string of the molecule is CCN=c1scc(-c2cc(C)c(C)cc2C)n1N=Cc1ccccc1C(F)(F)F. The van der Waals surface area contributed by atoms with Crippen molar-refractivity contribution in [1.82, 2.24) is 4.68 Å².